The molecule has 3 N–H and O–H groups in total. The Morgan fingerprint density at radius 2 is 1.76 bits per heavy atom. The second kappa shape index (κ2) is 16.8. The first-order valence-electron chi connectivity index (χ1n) is 16.7. The van der Waals surface area contributed by atoms with E-state index in [1.807, 2.05) is 48.5 Å². The SMILES string of the molecule is COC(=O)C(C(=O)NC(Cc1ccc(-c2cccnc2)cc1)C(O)CN(Cc1ccc(Cl)cc1)NC(=O)OC1COC2OCCC12)C(C)(C)C. The van der Waals surface area contributed by atoms with Crippen molar-refractivity contribution in [2.45, 2.75) is 64.7 Å². The van der Waals surface area contributed by atoms with Crippen molar-refractivity contribution in [2.75, 3.05) is 26.9 Å². The van der Waals surface area contributed by atoms with Gasteiger partial charge in [-0.1, -0.05) is 74.8 Å². The molecule has 0 aliphatic carbocycles. The summed E-state index contributed by atoms with van der Waals surface area (Å²) in [5, 5.41) is 16.8. The Kier molecular flexibility index (Phi) is 12.5. The quantitative estimate of drug-likeness (QED) is 0.131. The van der Waals surface area contributed by atoms with E-state index in [0.717, 1.165) is 28.7 Å². The van der Waals surface area contributed by atoms with E-state index in [-0.39, 0.29) is 38.3 Å². The molecule has 50 heavy (non-hydrogen) atoms. The number of aromatic nitrogens is 1. The molecule has 3 aromatic rings. The molecule has 6 unspecified atom stereocenters. The van der Waals surface area contributed by atoms with E-state index >= 15 is 0 Å². The zero-order chi connectivity index (χ0) is 35.8. The fourth-order valence-electron chi connectivity index (χ4n) is 6.30. The van der Waals surface area contributed by atoms with Gasteiger partial charge >= 0.3 is 12.1 Å². The molecule has 0 saturated carbocycles. The number of nitrogens with zero attached hydrogens (tertiary/aromatic N) is 2. The number of hydrogen-bond acceptors (Lipinski definition) is 10. The number of amides is 2. The van der Waals surface area contributed by atoms with Gasteiger partial charge in [0.2, 0.25) is 5.91 Å². The highest BCUT2D eigenvalue weighted by atomic mass is 35.5. The van der Waals surface area contributed by atoms with E-state index in [1.54, 1.807) is 45.3 Å². The molecule has 13 heteroatoms. The van der Waals surface area contributed by atoms with Gasteiger partial charge in [0.1, 0.15) is 12.0 Å². The number of pyridine rings is 1. The van der Waals surface area contributed by atoms with Gasteiger partial charge in [0.25, 0.3) is 0 Å². The van der Waals surface area contributed by atoms with Gasteiger partial charge in [-0.3, -0.25) is 20.0 Å². The van der Waals surface area contributed by atoms with Crippen molar-refractivity contribution in [1.29, 1.82) is 0 Å². The summed E-state index contributed by atoms with van der Waals surface area (Å²) in [6.45, 7) is 6.17. The maximum Gasteiger partial charge on any atom is 0.422 e. The Hall–Kier alpha value is -4.07. The van der Waals surface area contributed by atoms with Gasteiger partial charge in [-0.15, -0.1) is 0 Å². The van der Waals surface area contributed by atoms with Crippen LogP contribution in [0.4, 0.5) is 4.79 Å². The lowest BCUT2D eigenvalue weighted by molar-refractivity contribution is -0.155. The Morgan fingerprint density at radius 1 is 1.04 bits per heavy atom. The van der Waals surface area contributed by atoms with Gasteiger partial charge in [-0.25, -0.2) is 9.80 Å². The van der Waals surface area contributed by atoms with Crippen molar-refractivity contribution >= 4 is 29.6 Å². The van der Waals surface area contributed by atoms with Gasteiger partial charge in [0.05, 0.1) is 38.4 Å². The second-order valence-electron chi connectivity index (χ2n) is 13.7. The fourth-order valence-corrected chi connectivity index (χ4v) is 6.42. The number of hydrogen-bond donors (Lipinski definition) is 3. The maximum atomic E-state index is 13.7. The zero-order valence-electron chi connectivity index (χ0n) is 28.7. The predicted octanol–water partition coefficient (Wildman–Crippen LogP) is 4.53. The average Bonchev–Trinajstić information content (AvgIpc) is 3.71. The molecule has 2 aliphatic rings. The van der Waals surface area contributed by atoms with Crippen LogP contribution >= 0.6 is 11.6 Å². The van der Waals surface area contributed by atoms with Gasteiger partial charge in [0, 0.05) is 30.5 Å². The first-order valence-corrected chi connectivity index (χ1v) is 17.0. The molecule has 2 aromatic carbocycles. The molecule has 268 valence electrons. The number of ether oxygens (including phenoxy) is 4. The number of benzene rings is 2. The van der Waals surface area contributed by atoms with Crippen LogP contribution in [-0.4, -0.2) is 84.5 Å². The summed E-state index contributed by atoms with van der Waals surface area (Å²) in [6, 6.07) is 17.8. The van der Waals surface area contributed by atoms with Crippen LogP contribution in [0.5, 0.6) is 0 Å². The Balaban J connectivity index is 1.37. The minimum Gasteiger partial charge on any atom is -0.468 e. The minimum absolute atomic E-state index is 0.0502. The number of halogens is 1. The molecule has 3 heterocycles. The number of carbonyl (C=O) groups is 3. The second-order valence-corrected chi connectivity index (χ2v) is 14.2. The standard InChI is InChI=1S/C37H45ClN4O8/c1-37(2,3)32(34(45)47-4)33(44)40-29(18-23-7-11-25(12-8-23)26-6-5-16-39-19-26)30(43)21-42(20-24-9-13-27(38)14-10-24)41-36(46)50-31-22-49-35-28(31)15-17-48-35/h5-14,16,19,28-32,35,43H,15,17-18,20-22H2,1-4H3,(H,40,44)(H,41,46). The summed E-state index contributed by atoms with van der Waals surface area (Å²) in [5.41, 5.74) is 5.56. The number of fused-ring (bicyclic) bond motifs is 1. The van der Waals surface area contributed by atoms with Crippen LogP contribution in [-0.2, 0) is 41.5 Å². The van der Waals surface area contributed by atoms with Crippen molar-refractivity contribution in [1.82, 2.24) is 20.7 Å². The van der Waals surface area contributed by atoms with Gasteiger partial charge in [-0.05, 0) is 58.7 Å². The number of aliphatic hydroxyl groups is 1. The number of aliphatic hydroxyl groups excluding tert-OH is 1. The number of nitrogens with one attached hydrogen (secondary N) is 2. The molecule has 1 aromatic heterocycles. The van der Waals surface area contributed by atoms with Crippen LogP contribution in [0, 0.1) is 17.3 Å². The van der Waals surface area contributed by atoms with Crippen LogP contribution < -0.4 is 10.7 Å². The topological polar surface area (TPSA) is 149 Å². The third-order valence-electron chi connectivity index (χ3n) is 8.95. The van der Waals surface area contributed by atoms with Crippen molar-refractivity contribution in [2.24, 2.45) is 17.3 Å². The number of rotatable bonds is 13. The molecule has 2 saturated heterocycles. The first-order chi connectivity index (χ1) is 23.9. The van der Waals surface area contributed by atoms with E-state index in [0.29, 0.717) is 11.6 Å². The molecule has 2 fully saturated rings. The maximum absolute atomic E-state index is 13.7. The zero-order valence-corrected chi connectivity index (χ0v) is 29.5. The van der Waals surface area contributed by atoms with E-state index in [1.165, 1.54) is 12.1 Å². The van der Waals surface area contributed by atoms with Gasteiger partial charge < -0.3 is 29.4 Å². The Labute approximate surface area is 297 Å². The average molecular weight is 709 g/mol. The summed E-state index contributed by atoms with van der Waals surface area (Å²) in [7, 11) is 1.24. The molecule has 6 atom stereocenters. The highest BCUT2D eigenvalue weighted by Crippen LogP contribution is 2.33. The molecular formula is C37H45ClN4O8. The first kappa shape index (κ1) is 37.2. The van der Waals surface area contributed by atoms with Crippen LogP contribution in [0.25, 0.3) is 11.1 Å². The summed E-state index contributed by atoms with van der Waals surface area (Å²) in [5.74, 6) is -2.44. The van der Waals surface area contributed by atoms with E-state index in [2.05, 4.69) is 15.7 Å². The number of carbonyl (C=O) groups excluding carboxylic acids is 3. The number of methoxy groups -OCH3 is 1. The van der Waals surface area contributed by atoms with Crippen molar-refractivity contribution in [3.8, 4) is 11.1 Å². The lowest BCUT2D eigenvalue weighted by atomic mass is 9.80. The summed E-state index contributed by atoms with van der Waals surface area (Å²) < 4.78 is 21.9. The van der Waals surface area contributed by atoms with Crippen LogP contribution in [0.15, 0.2) is 73.1 Å². The molecule has 0 bridgehead atoms. The van der Waals surface area contributed by atoms with Crippen LogP contribution in [0.1, 0.15) is 38.3 Å². The number of esters is 1. The van der Waals surface area contributed by atoms with E-state index in [9.17, 15) is 19.5 Å². The van der Waals surface area contributed by atoms with Gasteiger partial charge in [-0.2, -0.15) is 0 Å². The largest absolute Gasteiger partial charge is 0.468 e. The third-order valence-corrected chi connectivity index (χ3v) is 9.20. The summed E-state index contributed by atoms with van der Waals surface area (Å²) in [6.07, 6.45) is 1.64. The normalized spacial score (nSPS) is 20.4. The predicted molar refractivity (Wildman–Crippen MR) is 185 cm³/mol. The molecule has 2 amide bonds. The number of hydrazine groups is 1. The molecular weight excluding hydrogens is 664 g/mol. The highest BCUT2D eigenvalue weighted by molar-refractivity contribution is 6.30. The minimum atomic E-state index is -1.22. The molecule has 2 aliphatic heterocycles. The highest BCUT2D eigenvalue weighted by Gasteiger charge is 2.44. The summed E-state index contributed by atoms with van der Waals surface area (Å²) >= 11 is 6.12. The Morgan fingerprint density at radius 3 is 2.42 bits per heavy atom. The monoisotopic (exact) mass is 708 g/mol. The molecule has 12 nitrogen and oxygen atoms in total. The van der Waals surface area contributed by atoms with Crippen LogP contribution in [0.3, 0.4) is 0 Å². The molecule has 0 radical (unpaired) electrons. The van der Waals surface area contributed by atoms with E-state index in [4.69, 9.17) is 30.5 Å². The lowest BCUT2D eigenvalue weighted by Crippen LogP contribution is -2.55. The van der Waals surface area contributed by atoms with Crippen molar-refractivity contribution < 1.29 is 38.4 Å². The lowest BCUT2D eigenvalue weighted by Gasteiger charge is -2.33. The smallest absolute Gasteiger partial charge is 0.422 e. The Bertz CT molecular complexity index is 1590. The van der Waals surface area contributed by atoms with E-state index < -0.39 is 47.6 Å². The third kappa shape index (κ3) is 9.79. The molecule has 0 spiro atoms. The van der Waals surface area contributed by atoms with Crippen LogP contribution in [0.2, 0.25) is 5.02 Å². The van der Waals surface area contributed by atoms with Gasteiger partial charge in [0.15, 0.2) is 6.29 Å². The summed E-state index contributed by atoms with van der Waals surface area (Å²) in [4.78, 5) is 43.9. The fraction of sp³-hybridized carbons (Fsp3) is 0.459. The molecule has 5 rings (SSSR count). The van der Waals surface area contributed by atoms with Crippen molar-refractivity contribution in [3.63, 3.8) is 0 Å². The van der Waals surface area contributed by atoms with Crippen molar-refractivity contribution in [3.05, 3.63) is 89.2 Å².